The van der Waals surface area contributed by atoms with Gasteiger partial charge in [-0.2, -0.15) is 5.10 Å². The summed E-state index contributed by atoms with van der Waals surface area (Å²) in [6.07, 6.45) is 1.86. The third kappa shape index (κ3) is 1.17. The number of benzene rings is 1. The standard InChI is InChI=1S/C8H8BrN2P/c1-5-2-7(9)3-6-4-10-11(12)8(5)6/h2-4H,12H2,1H3. The molecule has 0 radical (unpaired) electrons. The maximum atomic E-state index is 4.16. The first-order valence-electron chi connectivity index (χ1n) is 3.57. The molecule has 4 heteroatoms. The Labute approximate surface area is 81.3 Å². The molecule has 62 valence electrons. The average Bonchev–Trinajstić information content (AvgIpc) is 2.31. The predicted molar refractivity (Wildman–Crippen MR) is 57.3 cm³/mol. The van der Waals surface area contributed by atoms with Crippen LogP contribution in [0.2, 0.25) is 0 Å². The van der Waals surface area contributed by atoms with Crippen molar-refractivity contribution in [1.29, 1.82) is 0 Å². The van der Waals surface area contributed by atoms with Crippen LogP contribution in [0.15, 0.2) is 22.8 Å². The normalized spacial score (nSPS) is 10.9. The van der Waals surface area contributed by atoms with Gasteiger partial charge in [-0.15, -0.1) is 0 Å². The van der Waals surface area contributed by atoms with Crippen LogP contribution in [0, 0.1) is 6.92 Å². The first kappa shape index (κ1) is 8.21. The van der Waals surface area contributed by atoms with E-state index < -0.39 is 0 Å². The molecule has 2 aromatic rings. The molecule has 2 nitrogen and oxygen atoms in total. The van der Waals surface area contributed by atoms with Gasteiger partial charge in [-0.25, -0.2) is 0 Å². The second-order valence-corrected chi connectivity index (χ2v) is 4.15. The Morgan fingerprint density at radius 3 is 3.00 bits per heavy atom. The molecule has 1 heterocycles. The summed E-state index contributed by atoms with van der Waals surface area (Å²) in [4.78, 5) is 0. The molecule has 1 aromatic carbocycles. The molecular formula is C8H8BrN2P. The molecular weight excluding hydrogens is 235 g/mol. The Balaban J connectivity index is 2.93. The van der Waals surface area contributed by atoms with Gasteiger partial charge < -0.3 is 0 Å². The lowest BCUT2D eigenvalue weighted by Gasteiger charge is -1.99. The number of rotatable bonds is 0. The largest absolute Gasteiger partial charge is 0.250 e. The number of aryl methyl sites for hydroxylation is 1. The van der Waals surface area contributed by atoms with Crippen molar-refractivity contribution in [1.82, 2.24) is 9.55 Å². The van der Waals surface area contributed by atoms with Crippen LogP contribution in [0.3, 0.4) is 0 Å². The molecule has 0 fully saturated rings. The lowest BCUT2D eigenvalue weighted by Crippen LogP contribution is -1.83. The zero-order chi connectivity index (χ0) is 8.72. The van der Waals surface area contributed by atoms with Crippen LogP contribution in [0.25, 0.3) is 10.9 Å². The van der Waals surface area contributed by atoms with Crippen LogP contribution in [0.5, 0.6) is 0 Å². The van der Waals surface area contributed by atoms with Crippen LogP contribution < -0.4 is 0 Å². The lowest BCUT2D eigenvalue weighted by molar-refractivity contribution is 1.04. The van der Waals surface area contributed by atoms with Gasteiger partial charge in [-0.3, -0.25) is 4.45 Å². The second kappa shape index (κ2) is 2.82. The van der Waals surface area contributed by atoms with Crippen molar-refractivity contribution in [3.8, 4) is 0 Å². The number of nitrogens with zero attached hydrogens (tertiary/aromatic N) is 2. The van der Waals surface area contributed by atoms with E-state index in [9.17, 15) is 0 Å². The van der Waals surface area contributed by atoms with E-state index in [2.05, 4.69) is 49.5 Å². The average molecular weight is 243 g/mol. The summed E-state index contributed by atoms with van der Waals surface area (Å²) in [5.41, 5.74) is 2.40. The first-order valence-corrected chi connectivity index (χ1v) is 4.88. The van der Waals surface area contributed by atoms with Crippen molar-refractivity contribution in [2.24, 2.45) is 0 Å². The summed E-state index contributed by atoms with van der Waals surface area (Å²) < 4.78 is 2.92. The van der Waals surface area contributed by atoms with Gasteiger partial charge >= 0.3 is 0 Å². The summed E-state index contributed by atoms with van der Waals surface area (Å²) in [6.45, 7) is 2.08. The van der Waals surface area contributed by atoms with E-state index in [0.717, 1.165) is 9.86 Å². The van der Waals surface area contributed by atoms with Crippen LogP contribution in [-0.4, -0.2) is 9.55 Å². The van der Waals surface area contributed by atoms with Gasteiger partial charge in [0.25, 0.3) is 0 Å². The molecule has 0 N–H and O–H groups in total. The number of aromatic nitrogens is 2. The summed E-state index contributed by atoms with van der Waals surface area (Å²) in [6, 6.07) is 4.15. The fourth-order valence-electron chi connectivity index (χ4n) is 1.35. The topological polar surface area (TPSA) is 17.8 Å². The SMILES string of the molecule is Cc1cc(Br)cc2cnn(P)c12. The number of fused-ring (bicyclic) bond motifs is 1. The van der Waals surface area contributed by atoms with E-state index in [1.165, 1.54) is 11.1 Å². The number of hydrogen-bond acceptors (Lipinski definition) is 1. The van der Waals surface area contributed by atoms with E-state index in [-0.39, 0.29) is 0 Å². The van der Waals surface area contributed by atoms with Gasteiger partial charge in [0.1, 0.15) is 0 Å². The quantitative estimate of drug-likeness (QED) is 0.650. The molecule has 0 saturated carbocycles. The first-order chi connectivity index (χ1) is 5.68. The van der Waals surface area contributed by atoms with Crippen molar-refractivity contribution in [2.45, 2.75) is 6.92 Å². The molecule has 0 saturated heterocycles. The highest BCUT2D eigenvalue weighted by Crippen LogP contribution is 2.24. The third-order valence-electron chi connectivity index (χ3n) is 1.85. The van der Waals surface area contributed by atoms with Crippen LogP contribution >= 0.6 is 25.3 Å². The number of hydrogen-bond donors (Lipinski definition) is 0. The van der Waals surface area contributed by atoms with E-state index in [4.69, 9.17) is 0 Å². The Morgan fingerprint density at radius 2 is 2.25 bits per heavy atom. The fraction of sp³-hybridized carbons (Fsp3) is 0.125. The van der Waals surface area contributed by atoms with Gasteiger partial charge in [0.2, 0.25) is 0 Å². The Bertz CT molecular complexity index is 436. The van der Waals surface area contributed by atoms with E-state index in [0.29, 0.717) is 0 Å². The maximum Gasteiger partial charge on any atom is 0.0747 e. The number of halogens is 1. The highest BCUT2D eigenvalue weighted by atomic mass is 79.9. The molecule has 0 bridgehead atoms. The van der Waals surface area contributed by atoms with Gasteiger partial charge in [-0.05, 0) is 34.0 Å². The third-order valence-corrected chi connectivity index (χ3v) is 2.69. The van der Waals surface area contributed by atoms with Crippen LogP contribution in [0.1, 0.15) is 5.56 Å². The molecule has 1 unspecified atom stereocenters. The highest BCUT2D eigenvalue weighted by molar-refractivity contribution is 9.10. The highest BCUT2D eigenvalue weighted by Gasteiger charge is 2.03. The van der Waals surface area contributed by atoms with Crippen molar-refractivity contribution >= 4 is 36.2 Å². The summed E-state index contributed by atoms with van der Waals surface area (Å²) in [5.74, 6) is 0. The minimum atomic E-state index is 1.10. The molecule has 12 heavy (non-hydrogen) atoms. The van der Waals surface area contributed by atoms with Crippen LogP contribution in [0.4, 0.5) is 0 Å². The molecule has 0 amide bonds. The summed E-state index contributed by atoms with van der Waals surface area (Å²) >= 11 is 3.45. The second-order valence-electron chi connectivity index (χ2n) is 2.75. The monoisotopic (exact) mass is 242 g/mol. The Hall–Kier alpha value is -0.400. The van der Waals surface area contributed by atoms with Gasteiger partial charge in [0.05, 0.1) is 11.7 Å². The zero-order valence-corrected chi connectivity index (χ0v) is 9.32. The van der Waals surface area contributed by atoms with Crippen molar-refractivity contribution in [2.75, 3.05) is 0 Å². The smallest absolute Gasteiger partial charge is 0.0747 e. The molecule has 1 aromatic heterocycles. The molecule has 0 aliphatic heterocycles. The molecule has 0 aliphatic rings. The Morgan fingerprint density at radius 1 is 1.50 bits per heavy atom. The predicted octanol–water partition coefficient (Wildman–Crippen LogP) is 2.75. The summed E-state index contributed by atoms with van der Waals surface area (Å²) in [5, 5.41) is 5.32. The Kier molecular flexibility index (Phi) is 1.93. The van der Waals surface area contributed by atoms with Crippen molar-refractivity contribution in [3.63, 3.8) is 0 Å². The molecule has 2 rings (SSSR count). The van der Waals surface area contributed by atoms with Crippen LogP contribution in [-0.2, 0) is 0 Å². The fourth-order valence-corrected chi connectivity index (χ4v) is 2.36. The van der Waals surface area contributed by atoms with E-state index in [1.54, 1.807) is 0 Å². The lowest BCUT2D eigenvalue weighted by atomic mass is 10.2. The van der Waals surface area contributed by atoms with Gasteiger partial charge in [-0.1, -0.05) is 15.9 Å². The van der Waals surface area contributed by atoms with Gasteiger partial charge in [0.15, 0.2) is 0 Å². The van der Waals surface area contributed by atoms with Crippen molar-refractivity contribution < 1.29 is 0 Å². The molecule has 0 spiro atoms. The minimum Gasteiger partial charge on any atom is -0.250 e. The molecule has 0 aliphatic carbocycles. The van der Waals surface area contributed by atoms with Crippen molar-refractivity contribution in [3.05, 3.63) is 28.4 Å². The minimum absolute atomic E-state index is 1.10. The molecule has 1 atom stereocenters. The van der Waals surface area contributed by atoms with E-state index in [1.807, 2.05) is 10.6 Å². The maximum absolute atomic E-state index is 4.16. The summed E-state index contributed by atoms with van der Waals surface area (Å²) in [7, 11) is 2.57. The van der Waals surface area contributed by atoms with E-state index >= 15 is 0 Å². The zero-order valence-electron chi connectivity index (χ0n) is 6.58. The van der Waals surface area contributed by atoms with Gasteiger partial charge in [0, 0.05) is 9.86 Å².